The first kappa shape index (κ1) is 14.8. The number of anilines is 2. The van der Waals surface area contributed by atoms with Gasteiger partial charge in [-0.2, -0.15) is 15.0 Å². The van der Waals surface area contributed by atoms with Gasteiger partial charge in [-0.05, 0) is 51.3 Å². The molecule has 6 nitrogen and oxygen atoms in total. The van der Waals surface area contributed by atoms with Crippen LogP contribution in [0.15, 0.2) is 0 Å². The normalized spacial score (nSPS) is 27.1. The van der Waals surface area contributed by atoms with Crippen LogP contribution in [0.2, 0.25) is 5.28 Å². The average Bonchev–Trinajstić information content (AvgIpc) is 2.96. The lowest BCUT2D eigenvalue weighted by atomic mass is 9.99. The van der Waals surface area contributed by atoms with Gasteiger partial charge in [-0.3, -0.25) is 0 Å². The van der Waals surface area contributed by atoms with Crippen LogP contribution in [0.4, 0.5) is 11.9 Å². The van der Waals surface area contributed by atoms with Gasteiger partial charge in [0.25, 0.3) is 0 Å². The number of hydrogen-bond donors (Lipinski definition) is 1. The van der Waals surface area contributed by atoms with Crippen molar-refractivity contribution in [2.75, 3.05) is 36.9 Å². The van der Waals surface area contributed by atoms with Crippen LogP contribution in [0.5, 0.6) is 0 Å². The number of likely N-dealkylation sites (tertiary alicyclic amines) is 1. The number of piperidine rings is 1. The van der Waals surface area contributed by atoms with Crippen molar-refractivity contribution in [1.29, 1.82) is 0 Å². The van der Waals surface area contributed by atoms with Crippen molar-refractivity contribution in [3.05, 3.63) is 5.28 Å². The number of rotatable bonds is 3. The number of halogens is 1. The van der Waals surface area contributed by atoms with E-state index in [1.807, 2.05) is 0 Å². The van der Waals surface area contributed by atoms with Gasteiger partial charge < -0.3 is 15.1 Å². The summed E-state index contributed by atoms with van der Waals surface area (Å²) in [7, 11) is 2.17. The van der Waals surface area contributed by atoms with E-state index < -0.39 is 0 Å². The highest BCUT2D eigenvalue weighted by atomic mass is 35.5. The Morgan fingerprint density at radius 2 is 1.90 bits per heavy atom. The van der Waals surface area contributed by atoms with Crippen LogP contribution < -0.4 is 10.2 Å². The SMILES string of the molecule is CC1CC(Nc2nc(Cl)nc(N3CCCC3)n2)CCN1C. The van der Waals surface area contributed by atoms with Crippen molar-refractivity contribution in [2.45, 2.75) is 44.7 Å². The van der Waals surface area contributed by atoms with Crippen LogP contribution in [0, 0.1) is 0 Å². The molecular weight excluding hydrogens is 288 g/mol. The molecule has 2 fully saturated rings. The third kappa shape index (κ3) is 3.55. The summed E-state index contributed by atoms with van der Waals surface area (Å²) < 4.78 is 0. The monoisotopic (exact) mass is 310 g/mol. The average molecular weight is 311 g/mol. The predicted molar refractivity (Wildman–Crippen MR) is 85.0 cm³/mol. The molecule has 0 aromatic carbocycles. The van der Waals surface area contributed by atoms with Gasteiger partial charge >= 0.3 is 0 Å². The van der Waals surface area contributed by atoms with Crippen LogP contribution in [-0.4, -0.2) is 58.6 Å². The summed E-state index contributed by atoms with van der Waals surface area (Å²) in [5.41, 5.74) is 0. The molecule has 0 bridgehead atoms. The van der Waals surface area contributed by atoms with Gasteiger partial charge in [0.1, 0.15) is 0 Å². The van der Waals surface area contributed by atoms with Gasteiger partial charge in [-0.25, -0.2) is 0 Å². The van der Waals surface area contributed by atoms with E-state index in [9.17, 15) is 0 Å². The first-order chi connectivity index (χ1) is 10.1. The van der Waals surface area contributed by atoms with Gasteiger partial charge in [0.05, 0.1) is 0 Å². The van der Waals surface area contributed by atoms with E-state index in [0.29, 0.717) is 24.0 Å². The Morgan fingerprint density at radius 1 is 1.14 bits per heavy atom. The third-order valence-corrected chi connectivity index (χ3v) is 4.70. The molecular formula is C14H23ClN6. The zero-order valence-corrected chi connectivity index (χ0v) is 13.5. The molecule has 0 aliphatic carbocycles. The van der Waals surface area contributed by atoms with E-state index in [2.05, 4.69) is 44.0 Å². The van der Waals surface area contributed by atoms with Crippen molar-refractivity contribution >= 4 is 23.5 Å². The number of hydrogen-bond acceptors (Lipinski definition) is 6. The smallest absolute Gasteiger partial charge is 0.231 e. The molecule has 2 aliphatic heterocycles. The quantitative estimate of drug-likeness (QED) is 0.922. The Labute approximate surface area is 130 Å². The number of nitrogens with zero attached hydrogens (tertiary/aromatic N) is 5. The van der Waals surface area contributed by atoms with Gasteiger partial charge in [0, 0.05) is 31.7 Å². The summed E-state index contributed by atoms with van der Waals surface area (Å²) in [5.74, 6) is 1.31. The largest absolute Gasteiger partial charge is 0.351 e. The van der Waals surface area contributed by atoms with Crippen molar-refractivity contribution < 1.29 is 0 Å². The highest BCUT2D eigenvalue weighted by Gasteiger charge is 2.24. The standard InChI is InChI=1S/C14H23ClN6/c1-10-9-11(5-8-20(10)2)16-13-17-12(15)18-14(19-13)21-6-3-4-7-21/h10-11H,3-9H2,1-2H3,(H,16,17,18,19). The fourth-order valence-corrected chi connectivity index (χ4v) is 3.22. The maximum Gasteiger partial charge on any atom is 0.231 e. The molecule has 0 radical (unpaired) electrons. The maximum absolute atomic E-state index is 6.06. The molecule has 0 amide bonds. The minimum atomic E-state index is 0.273. The second-order valence-electron chi connectivity index (χ2n) is 6.12. The zero-order valence-electron chi connectivity index (χ0n) is 12.7. The van der Waals surface area contributed by atoms with E-state index in [1.54, 1.807) is 0 Å². The molecule has 0 spiro atoms. The van der Waals surface area contributed by atoms with Crippen molar-refractivity contribution in [3.63, 3.8) is 0 Å². The van der Waals surface area contributed by atoms with Crippen molar-refractivity contribution in [1.82, 2.24) is 19.9 Å². The Kier molecular flexibility index (Phi) is 4.45. The van der Waals surface area contributed by atoms with Crippen LogP contribution in [0.3, 0.4) is 0 Å². The van der Waals surface area contributed by atoms with E-state index >= 15 is 0 Å². The van der Waals surface area contributed by atoms with Gasteiger partial charge in [0.15, 0.2) is 0 Å². The third-order valence-electron chi connectivity index (χ3n) is 4.53. The lowest BCUT2D eigenvalue weighted by molar-refractivity contribution is 0.190. The van der Waals surface area contributed by atoms with Gasteiger partial charge in [-0.1, -0.05) is 0 Å². The summed E-state index contributed by atoms with van der Waals surface area (Å²) in [6, 6.07) is 0.979. The second-order valence-corrected chi connectivity index (χ2v) is 6.46. The summed E-state index contributed by atoms with van der Waals surface area (Å²) in [6.45, 7) is 5.36. The molecule has 2 aliphatic rings. The molecule has 1 aromatic heterocycles. The minimum Gasteiger partial charge on any atom is -0.351 e. The van der Waals surface area contributed by atoms with E-state index in [0.717, 1.165) is 32.5 Å². The summed E-state index contributed by atoms with van der Waals surface area (Å²) >= 11 is 6.06. The number of aromatic nitrogens is 3. The first-order valence-corrected chi connectivity index (χ1v) is 8.13. The lowest BCUT2D eigenvalue weighted by Crippen LogP contribution is -2.42. The van der Waals surface area contributed by atoms with Crippen molar-refractivity contribution in [3.8, 4) is 0 Å². The molecule has 2 atom stereocenters. The Balaban J connectivity index is 1.70. The van der Waals surface area contributed by atoms with Gasteiger partial charge in [-0.15, -0.1) is 0 Å². The van der Waals surface area contributed by atoms with Crippen LogP contribution >= 0.6 is 11.6 Å². The Bertz CT molecular complexity index is 490. The molecule has 1 aromatic rings. The zero-order chi connectivity index (χ0) is 14.8. The molecule has 21 heavy (non-hydrogen) atoms. The Morgan fingerprint density at radius 3 is 2.62 bits per heavy atom. The molecule has 7 heteroatoms. The van der Waals surface area contributed by atoms with Gasteiger partial charge in [0.2, 0.25) is 17.2 Å². The molecule has 2 saturated heterocycles. The molecule has 0 saturated carbocycles. The van der Waals surface area contributed by atoms with E-state index in [-0.39, 0.29) is 5.28 Å². The molecule has 3 heterocycles. The predicted octanol–water partition coefficient (Wildman–Crippen LogP) is 2.02. The topological polar surface area (TPSA) is 57.2 Å². The molecule has 2 unspecified atom stereocenters. The highest BCUT2D eigenvalue weighted by molar-refractivity contribution is 6.28. The minimum absolute atomic E-state index is 0.273. The van der Waals surface area contributed by atoms with Crippen LogP contribution in [0.25, 0.3) is 0 Å². The fraction of sp³-hybridized carbons (Fsp3) is 0.786. The van der Waals surface area contributed by atoms with E-state index in [4.69, 9.17) is 11.6 Å². The maximum atomic E-state index is 6.06. The summed E-state index contributed by atoms with van der Waals surface area (Å²) in [6.07, 6.45) is 4.58. The molecule has 3 rings (SSSR count). The Hall–Kier alpha value is -1.14. The summed E-state index contributed by atoms with van der Waals surface area (Å²) in [4.78, 5) is 17.6. The first-order valence-electron chi connectivity index (χ1n) is 7.75. The molecule has 116 valence electrons. The lowest BCUT2D eigenvalue weighted by Gasteiger charge is -2.35. The molecule has 1 N–H and O–H groups in total. The van der Waals surface area contributed by atoms with Crippen LogP contribution in [-0.2, 0) is 0 Å². The van der Waals surface area contributed by atoms with Crippen LogP contribution in [0.1, 0.15) is 32.6 Å². The number of nitrogens with one attached hydrogen (secondary N) is 1. The van der Waals surface area contributed by atoms with Crippen molar-refractivity contribution in [2.24, 2.45) is 0 Å². The second kappa shape index (κ2) is 6.32. The highest BCUT2D eigenvalue weighted by Crippen LogP contribution is 2.21. The summed E-state index contributed by atoms with van der Waals surface area (Å²) in [5, 5.41) is 3.71. The fourth-order valence-electron chi connectivity index (χ4n) is 3.07. The van der Waals surface area contributed by atoms with E-state index in [1.165, 1.54) is 12.8 Å².